The van der Waals surface area contributed by atoms with Crippen LogP contribution in [0.25, 0.3) is 0 Å². The largest absolute Gasteiger partial charge is 0.385 e. The van der Waals surface area contributed by atoms with E-state index in [-0.39, 0.29) is 24.8 Å². The highest BCUT2D eigenvalue weighted by molar-refractivity contribution is 5.85. The zero-order chi connectivity index (χ0) is 10.3. The summed E-state index contributed by atoms with van der Waals surface area (Å²) in [5, 5.41) is 14.1. The molecule has 1 aromatic heterocycles. The van der Waals surface area contributed by atoms with Crippen molar-refractivity contribution >= 4 is 24.8 Å². The van der Waals surface area contributed by atoms with Gasteiger partial charge in [-0.2, -0.15) is 0 Å². The number of fused-ring (bicyclic) bond motifs is 1. The van der Waals surface area contributed by atoms with Gasteiger partial charge in [0.15, 0.2) is 0 Å². The van der Waals surface area contributed by atoms with Crippen molar-refractivity contribution in [2.75, 3.05) is 13.1 Å². The summed E-state index contributed by atoms with van der Waals surface area (Å²) in [6.45, 7) is 2.00. The molecule has 0 amide bonds. The van der Waals surface area contributed by atoms with E-state index in [1.807, 2.05) is 12.1 Å². The van der Waals surface area contributed by atoms with Crippen molar-refractivity contribution in [3.05, 3.63) is 30.1 Å². The highest BCUT2D eigenvalue weighted by Gasteiger charge is 2.50. The van der Waals surface area contributed by atoms with E-state index < -0.39 is 5.60 Å². The van der Waals surface area contributed by atoms with Crippen LogP contribution in [0.1, 0.15) is 18.4 Å². The highest BCUT2D eigenvalue weighted by Crippen LogP contribution is 2.48. The average molecular weight is 277 g/mol. The van der Waals surface area contributed by atoms with Crippen LogP contribution in [-0.2, 0) is 5.60 Å². The molecule has 2 fully saturated rings. The lowest BCUT2D eigenvalue weighted by Crippen LogP contribution is -2.33. The average Bonchev–Trinajstić information content (AvgIpc) is 2.85. The van der Waals surface area contributed by atoms with Crippen molar-refractivity contribution in [2.24, 2.45) is 11.8 Å². The number of pyridine rings is 1. The maximum absolute atomic E-state index is 10.8. The molecule has 3 atom stereocenters. The number of aliphatic hydroxyl groups is 1. The first-order chi connectivity index (χ1) is 7.31. The first-order valence-corrected chi connectivity index (χ1v) is 5.64. The van der Waals surface area contributed by atoms with Crippen LogP contribution < -0.4 is 5.32 Å². The number of nitrogens with one attached hydrogen (secondary N) is 1. The van der Waals surface area contributed by atoms with Crippen molar-refractivity contribution in [1.82, 2.24) is 10.3 Å². The number of hydrogen-bond acceptors (Lipinski definition) is 3. The Kier molecular flexibility index (Phi) is 4.78. The van der Waals surface area contributed by atoms with Crippen molar-refractivity contribution in [3.63, 3.8) is 0 Å². The van der Waals surface area contributed by atoms with E-state index in [9.17, 15) is 5.11 Å². The van der Waals surface area contributed by atoms with Crippen molar-refractivity contribution in [1.29, 1.82) is 0 Å². The molecule has 3 rings (SSSR count). The lowest BCUT2D eigenvalue weighted by molar-refractivity contribution is -0.00220. The lowest BCUT2D eigenvalue weighted by atomic mass is 9.83. The van der Waals surface area contributed by atoms with Gasteiger partial charge >= 0.3 is 0 Å². The molecule has 2 heterocycles. The fourth-order valence-electron chi connectivity index (χ4n) is 3.16. The predicted molar refractivity (Wildman–Crippen MR) is 71.7 cm³/mol. The minimum Gasteiger partial charge on any atom is -0.385 e. The summed E-state index contributed by atoms with van der Waals surface area (Å²) in [7, 11) is 0. The van der Waals surface area contributed by atoms with Gasteiger partial charge in [-0.05, 0) is 31.4 Å². The van der Waals surface area contributed by atoms with Crippen LogP contribution >= 0.6 is 24.8 Å². The third-order valence-electron chi connectivity index (χ3n) is 4.01. The summed E-state index contributed by atoms with van der Waals surface area (Å²) in [5.74, 6) is 1.02. The fourth-order valence-corrected chi connectivity index (χ4v) is 3.16. The third-order valence-corrected chi connectivity index (χ3v) is 4.01. The van der Waals surface area contributed by atoms with Crippen LogP contribution in [-0.4, -0.2) is 23.2 Å². The summed E-state index contributed by atoms with van der Waals surface area (Å²) in [6.07, 6.45) is 5.58. The minimum atomic E-state index is -0.636. The van der Waals surface area contributed by atoms with E-state index in [4.69, 9.17) is 0 Å². The first kappa shape index (κ1) is 14.7. The molecule has 0 bridgehead atoms. The highest BCUT2D eigenvalue weighted by atomic mass is 35.5. The van der Waals surface area contributed by atoms with Gasteiger partial charge < -0.3 is 10.4 Å². The molecule has 5 heteroatoms. The summed E-state index contributed by atoms with van der Waals surface area (Å²) in [6, 6.07) is 3.90. The Balaban J connectivity index is 0.000000722. The van der Waals surface area contributed by atoms with Crippen LogP contribution in [0.4, 0.5) is 0 Å². The van der Waals surface area contributed by atoms with Gasteiger partial charge in [-0.25, -0.2) is 0 Å². The smallest absolute Gasteiger partial charge is 0.0954 e. The fraction of sp³-hybridized carbons (Fsp3) is 0.583. The molecule has 0 aromatic carbocycles. The van der Waals surface area contributed by atoms with Crippen molar-refractivity contribution in [2.45, 2.75) is 18.4 Å². The maximum atomic E-state index is 10.8. The number of nitrogens with zero attached hydrogens (tertiary/aromatic N) is 1. The topological polar surface area (TPSA) is 45.2 Å². The molecular weight excluding hydrogens is 259 g/mol. The number of hydrogen-bond donors (Lipinski definition) is 2. The van der Waals surface area contributed by atoms with E-state index in [1.54, 1.807) is 12.4 Å². The molecule has 1 saturated carbocycles. The summed E-state index contributed by atoms with van der Waals surface area (Å²) in [4.78, 5) is 4.11. The predicted octanol–water partition coefficient (Wildman–Crippen LogP) is 1.74. The van der Waals surface area contributed by atoms with E-state index >= 15 is 0 Å². The van der Waals surface area contributed by atoms with E-state index in [0.29, 0.717) is 11.8 Å². The number of halogens is 2. The Morgan fingerprint density at radius 1 is 1.35 bits per heavy atom. The van der Waals surface area contributed by atoms with Gasteiger partial charge in [0, 0.05) is 30.4 Å². The van der Waals surface area contributed by atoms with Crippen molar-refractivity contribution in [3.8, 4) is 0 Å². The zero-order valence-corrected chi connectivity index (χ0v) is 11.1. The van der Waals surface area contributed by atoms with Crippen LogP contribution in [0.5, 0.6) is 0 Å². The SMILES string of the molecule is Cl.Cl.OC1(c2cccnc2)CC[C@H]2CNC[C@H]21. The standard InChI is InChI=1S/C12H16N2O.2ClH/c15-12(10-2-1-5-13-7-10)4-3-9-6-14-8-11(9)12;;/h1-2,5,7,9,11,14-15H,3-4,6,8H2;2*1H/t9-,11+,12?;;/m0../s1. The van der Waals surface area contributed by atoms with E-state index in [1.165, 1.54) is 0 Å². The molecule has 96 valence electrons. The molecule has 17 heavy (non-hydrogen) atoms. The third kappa shape index (κ3) is 2.29. The Morgan fingerprint density at radius 2 is 2.18 bits per heavy atom. The number of aromatic nitrogens is 1. The van der Waals surface area contributed by atoms with Crippen LogP contribution in [0.3, 0.4) is 0 Å². The second-order valence-electron chi connectivity index (χ2n) is 4.73. The Bertz CT molecular complexity index is 363. The van der Waals surface area contributed by atoms with E-state index in [2.05, 4.69) is 10.3 Å². The molecule has 1 aliphatic heterocycles. The molecular formula is C12H18Cl2N2O. The van der Waals surface area contributed by atoms with Crippen LogP contribution in [0.2, 0.25) is 0 Å². The first-order valence-electron chi connectivity index (χ1n) is 5.64. The molecule has 1 unspecified atom stereocenters. The number of rotatable bonds is 1. The Hall–Kier alpha value is -0.350. The maximum Gasteiger partial charge on any atom is 0.0954 e. The molecule has 0 spiro atoms. The monoisotopic (exact) mass is 276 g/mol. The van der Waals surface area contributed by atoms with Crippen molar-refractivity contribution < 1.29 is 5.11 Å². The summed E-state index contributed by atoms with van der Waals surface area (Å²) < 4.78 is 0. The summed E-state index contributed by atoms with van der Waals surface area (Å²) in [5.41, 5.74) is 0.351. The van der Waals surface area contributed by atoms with Gasteiger partial charge in [0.25, 0.3) is 0 Å². The van der Waals surface area contributed by atoms with Gasteiger partial charge in [0.2, 0.25) is 0 Å². The van der Waals surface area contributed by atoms with Gasteiger partial charge in [0.1, 0.15) is 0 Å². The van der Waals surface area contributed by atoms with Crippen LogP contribution in [0.15, 0.2) is 24.5 Å². The van der Waals surface area contributed by atoms with Crippen LogP contribution in [0, 0.1) is 11.8 Å². The Labute approximate surface area is 114 Å². The second kappa shape index (κ2) is 5.53. The molecule has 1 aliphatic carbocycles. The van der Waals surface area contributed by atoms with Gasteiger partial charge in [-0.1, -0.05) is 6.07 Å². The van der Waals surface area contributed by atoms with Gasteiger partial charge in [0.05, 0.1) is 5.60 Å². The normalized spacial score (nSPS) is 34.6. The van der Waals surface area contributed by atoms with E-state index in [0.717, 1.165) is 31.5 Å². The minimum absolute atomic E-state index is 0. The zero-order valence-electron chi connectivity index (χ0n) is 9.50. The summed E-state index contributed by atoms with van der Waals surface area (Å²) >= 11 is 0. The molecule has 2 aliphatic rings. The molecule has 0 radical (unpaired) electrons. The Morgan fingerprint density at radius 3 is 2.88 bits per heavy atom. The lowest BCUT2D eigenvalue weighted by Gasteiger charge is -2.29. The molecule has 1 saturated heterocycles. The molecule has 2 N–H and O–H groups in total. The quantitative estimate of drug-likeness (QED) is 0.822. The van der Waals surface area contributed by atoms with Gasteiger partial charge in [-0.3, -0.25) is 4.98 Å². The molecule has 3 nitrogen and oxygen atoms in total. The second-order valence-corrected chi connectivity index (χ2v) is 4.73. The molecule has 1 aromatic rings. The van der Waals surface area contributed by atoms with Gasteiger partial charge in [-0.15, -0.1) is 24.8 Å².